The van der Waals surface area contributed by atoms with Crippen LogP contribution in [0.5, 0.6) is 0 Å². The van der Waals surface area contributed by atoms with Crippen LogP contribution < -0.4 is 0 Å². The lowest BCUT2D eigenvalue weighted by Gasteiger charge is -2.28. The molecule has 3 N–H and O–H groups in total. The smallest absolute Gasteiger partial charge is 0.325 e. The van der Waals surface area contributed by atoms with Gasteiger partial charge in [-0.1, -0.05) is 5.16 Å². The molecule has 7 nitrogen and oxygen atoms in total. The first-order valence-corrected chi connectivity index (χ1v) is 4.19. The molecule has 0 aromatic rings. The fourth-order valence-electron chi connectivity index (χ4n) is 1.16. The van der Waals surface area contributed by atoms with E-state index >= 15 is 0 Å². The van der Waals surface area contributed by atoms with E-state index in [9.17, 15) is 10.2 Å². The third-order valence-corrected chi connectivity index (χ3v) is 1.88. The third-order valence-electron chi connectivity index (χ3n) is 1.88. The summed E-state index contributed by atoms with van der Waals surface area (Å²) in [6, 6.07) is 0. The summed E-state index contributed by atoms with van der Waals surface area (Å²) in [7, 11) is 2.55. The summed E-state index contributed by atoms with van der Waals surface area (Å²) in [5.74, 6) is -0.660. The Kier molecular flexibility index (Phi) is 3.75. The van der Waals surface area contributed by atoms with Gasteiger partial charge in [-0.25, -0.2) is 0 Å². The number of aliphatic hydroxyl groups is 3. The fraction of sp³-hybridized carbons (Fsp3) is 0.625. The topological polar surface area (TPSA) is 101 Å². The van der Waals surface area contributed by atoms with Crippen LogP contribution in [0.15, 0.2) is 16.9 Å². The van der Waals surface area contributed by atoms with Gasteiger partial charge in [0.25, 0.3) is 0 Å². The van der Waals surface area contributed by atoms with Crippen molar-refractivity contribution in [3.63, 3.8) is 0 Å². The SMILES string of the molecule is CO/N=C1\C(O)=C(OC)OC(CO)[C@H]1O. The van der Waals surface area contributed by atoms with Crippen LogP contribution in [0, 0.1) is 0 Å². The Hall–Kier alpha value is -1.47. The number of oxime groups is 1. The first kappa shape index (κ1) is 11.6. The van der Waals surface area contributed by atoms with Crippen molar-refractivity contribution in [3.05, 3.63) is 11.7 Å². The number of nitrogens with zero attached hydrogens (tertiary/aromatic N) is 1. The predicted molar refractivity (Wildman–Crippen MR) is 49.1 cm³/mol. The maximum Gasteiger partial charge on any atom is 0.325 e. The summed E-state index contributed by atoms with van der Waals surface area (Å²) >= 11 is 0. The molecule has 0 aromatic heterocycles. The lowest BCUT2D eigenvalue weighted by atomic mass is 10.1. The van der Waals surface area contributed by atoms with E-state index in [-0.39, 0.29) is 11.7 Å². The molecule has 0 bridgehead atoms. The van der Waals surface area contributed by atoms with Gasteiger partial charge >= 0.3 is 5.95 Å². The predicted octanol–water partition coefficient (Wildman–Crippen LogP) is -0.886. The van der Waals surface area contributed by atoms with Gasteiger partial charge in [-0.05, 0) is 0 Å². The monoisotopic (exact) mass is 219 g/mol. The van der Waals surface area contributed by atoms with Crippen molar-refractivity contribution >= 4 is 5.71 Å². The third kappa shape index (κ3) is 2.13. The molecule has 1 heterocycles. The number of ether oxygens (including phenoxy) is 2. The zero-order valence-electron chi connectivity index (χ0n) is 8.38. The van der Waals surface area contributed by atoms with E-state index in [1.54, 1.807) is 0 Å². The van der Waals surface area contributed by atoms with Crippen LogP contribution >= 0.6 is 0 Å². The highest BCUT2D eigenvalue weighted by Crippen LogP contribution is 2.21. The molecule has 0 aromatic carbocycles. The van der Waals surface area contributed by atoms with Crippen LogP contribution in [0.2, 0.25) is 0 Å². The summed E-state index contributed by atoms with van der Waals surface area (Å²) in [6.07, 6.45) is -2.21. The van der Waals surface area contributed by atoms with Gasteiger partial charge in [0.05, 0.1) is 13.7 Å². The lowest BCUT2D eigenvalue weighted by molar-refractivity contribution is -0.0708. The molecule has 0 aliphatic carbocycles. The second-order valence-corrected chi connectivity index (χ2v) is 2.78. The Bertz CT molecular complexity index is 287. The van der Waals surface area contributed by atoms with E-state index in [1.165, 1.54) is 14.2 Å². The molecular formula is C8H13NO6. The average molecular weight is 219 g/mol. The molecule has 1 rings (SSSR count). The Morgan fingerprint density at radius 2 is 2.13 bits per heavy atom. The second-order valence-electron chi connectivity index (χ2n) is 2.78. The van der Waals surface area contributed by atoms with Crippen molar-refractivity contribution in [2.24, 2.45) is 5.16 Å². The fourth-order valence-corrected chi connectivity index (χ4v) is 1.16. The van der Waals surface area contributed by atoms with Crippen molar-refractivity contribution in [3.8, 4) is 0 Å². The summed E-state index contributed by atoms with van der Waals surface area (Å²) in [5, 5.41) is 31.5. The van der Waals surface area contributed by atoms with Gasteiger partial charge in [0, 0.05) is 0 Å². The number of hydrogen-bond acceptors (Lipinski definition) is 7. The Balaban J connectivity index is 3.05. The Labute approximate surface area is 86.2 Å². The first-order valence-electron chi connectivity index (χ1n) is 4.19. The summed E-state index contributed by atoms with van der Waals surface area (Å²) in [5.41, 5.74) is -0.139. The van der Waals surface area contributed by atoms with Crippen LogP contribution in [0.25, 0.3) is 0 Å². The van der Waals surface area contributed by atoms with E-state index in [0.29, 0.717) is 0 Å². The van der Waals surface area contributed by atoms with Crippen molar-refractivity contribution in [1.29, 1.82) is 0 Å². The van der Waals surface area contributed by atoms with E-state index in [4.69, 9.17) is 14.6 Å². The molecule has 0 saturated heterocycles. The first-order chi connectivity index (χ1) is 7.15. The van der Waals surface area contributed by atoms with E-state index in [2.05, 4.69) is 9.99 Å². The number of hydrogen-bond donors (Lipinski definition) is 3. The minimum absolute atomic E-state index is 0.139. The molecule has 1 aliphatic heterocycles. The molecule has 0 spiro atoms. The molecule has 7 heteroatoms. The molecule has 0 fully saturated rings. The highest BCUT2D eigenvalue weighted by molar-refractivity contribution is 6.02. The highest BCUT2D eigenvalue weighted by Gasteiger charge is 2.37. The standard InChI is InChI=1S/C8H13NO6/c1-13-8-7(12)5(9-14-2)6(11)4(3-10)15-8/h4,6,10-12H,3H2,1-2H3/b9-5-/t4?,6-/m1/s1. The van der Waals surface area contributed by atoms with Crippen molar-refractivity contribution in [1.82, 2.24) is 0 Å². The molecule has 86 valence electrons. The summed E-state index contributed by atoms with van der Waals surface area (Å²) in [6.45, 7) is -0.440. The van der Waals surface area contributed by atoms with Crippen molar-refractivity contribution in [2.45, 2.75) is 12.2 Å². The average Bonchev–Trinajstić information content (AvgIpc) is 2.25. The molecule has 2 atom stereocenters. The summed E-state index contributed by atoms with van der Waals surface area (Å²) < 4.78 is 9.67. The van der Waals surface area contributed by atoms with Crippen molar-refractivity contribution < 1.29 is 29.6 Å². The van der Waals surface area contributed by atoms with Gasteiger partial charge in [-0.2, -0.15) is 0 Å². The minimum atomic E-state index is -1.27. The van der Waals surface area contributed by atoms with Gasteiger partial charge < -0.3 is 29.6 Å². The molecule has 0 saturated carbocycles. The van der Waals surface area contributed by atoms with Crippen LogP contribution in [0.1, 0.15) is 0 Å². The largest absolute Gasteiger partial charge is 0.501 e. The van der Waals surface area contributed by atoms with Gasteiger partial charge in [-0.3, -0.25) is 0 Å². The number of aliphatic hydroxyl groups excluding tert-OH is 3. The van der Waals surface area contributed by atoms with E-state index in [1.807, 2.05) is 0 Å². The Morgan fingerprint density at radius 3 is 2.60 bits per heavy atom. The maximum absolute atomic E-state index is 9.60. The molecule has 1 aliphatic rings. The molecule has 1 unspecified atom stereocenters. The normalized spacial score (nSPS) is 28.9. The molecule has 0 radical (unpaired) electrons. The Morgan fingerprint density at radius 1 is 1.47 bits per heavy atom. The maximum atomic E-state index is 9.60. The van der Waals surface area contributed by atoms with Gasteiger partial charge in [0.2, 0.25) is 5.76 Å². The molecule has 15 heavy (non-hydrogen) atoms. The second kappa shape index (κ2) is 4.85. The lowest BCUT2D eigenvalue weighted by Crippen LogP contribution is -2.44. The van der Waals surface area contributed by atoms with Crippen LogP contribution in [-0.4, -0.2) is 54.1 Å². The minimum Gasteiger partial charge on any atom is -0.501 e. The van der Waals surface area contributed by atoms with Gasteiger partial charge in [0.15, 0.2) is 11.8 Å². The van der Waals surface area contributed by atoms with Crippen LogP contribution in [-0.2, 0) is 14.3 Å². The van der Waals surface area contributed by atoms with Gasteiger partial charge in [0.1, 0.15) is 13.2 Å². The van der Waals surface area contributed by atoms with Crippen LogP contribution in [0.3, 0.4) is 0 Å². The highest BCUT2D eigenvalue weighted by atomic mass is 16.7. The number of rotatable bonds is 3. The zero-order valence-corrected chi connectivity index (χ0v) is 8.38. The van der Waals surface area contributed by atoms with Crippen LogP contribution in [0.4, 0.5) is 0 Å². The van der Waals surface area contributed by atoms with Gasteiger partial charge in [-0.15, -0.1) is 0 Å². The summed E-state index contributed by atoms with van der Waals surface area (Å²) in [4.78, 5) is 4.45. The quantitative estimate of drug-likeness (QED) is 0.532. The zero-order chi connectivity index (χ0) is 11.4. The van der Waals surface area contributed by atoms with E-state index in [0.717, 1.165) is 0 Å². The van der Waals surface area contributed by atoms with E-state index < -0.39 is 24.6 Å². The number of methoxy groups -OCH3 is 1. The van der Waals surface area contributed by atoms with Crippen molar-refractivity contribution in [2.75, 3.05) is 20.8 Å². The molecule has 0 amide bonds. The molecular weight excluding hydrogens is 206 g/mol.